The number of phenols is 1. The first-order chi connectivity index (χ1) is 23.8. The van der Waals surface area contributed by atoms with E-state index in [2.05, 4.69) is 25.0 Å². The van der Waals surface area contributed by atoms with Gasteiger partial charge in [0.25, 0.3) is 5.89 Å². The number of hydrogen-bond donors (Lipinski definition) is 1. The lowest BCUT2D eigenvalue weighted by molar-refractivity contribution is -0.131. The highest BCUT2D eigenvalue weighted by Crippen LogP contribution is 2.40. The number of anilines is 1. The highest BCUT2D eigenvalue weighted by Gasteiger charge is 2.45. The van der Waals surface area contributed by atoms with Crippen LogP contribution < -0.4 is 9.64 Å². The highest BCUT2D eigenvalue weighted by molar-refractivity contribution is 6.00. The van der Waals surface area contributed by atoms with Gasteiger partial charge in [0.2, 0.25) is 5.91 Å². The van der Waals surface area contributed by atoms with Crippen molar-refractivity contribution in [2.45, 2.75) is 38.1 Å². The summed E-state index contributed by atoms with van der Waals surface area (Å²) in [5.41, 5.74) is 0.625. The van der Waals surface area contributed by atoms with Crippen LogP contribution in [0.2, 0.25) is 0 Å². The van der Waals surface area contributed by atoms with Gasteiger partial charge in [-0.2, -0.15) is 15.0 Å². The van der Waals surface area contributed by atoms with E-state index in [1.54, 1.807) is 24.1 Å². The van der Waals surface area contributed by atoms with E-state index in [0.29, 0.717) is 48.8 Å². The minimum Gasteiger partial charge on any atom is -0.508 e. The van der Waals surface area contributed by atoms with Crippen molar-refractivity contribution < 1.29 is 23.6 Å². The number of amides is 1. The number of hydrogen-bond acceptors (Lipinski definition) is 11. The van der Waals surface area contributed by atoms with Crippen molar-refractivity contribution in [3.8, 4) is 23.0 Å². The van der Waals surface area contributed by atoms with Crippen LogP contribution in [0.25, 0.3) is 39.0 Å². The maximum absolute atomic E-state index is 16.7. The van der Waals surface area contributed by atoms with Gasteiger partial charge in [0.05, 0.1) is 10.9 Å². The molecule has 13 heteroatoms. The van der Waals surface area contributed by atoms with E-state index in [9.17, 15) is 9.90 Å². The average molecular weight is 665 g/mol. The molecule has 0 radical (unpaired) electrons. The summed E-state index contributed by atoms with van der Waals surface area (Å²) in [4.78, 5) is 37.0. The smallest absolute Gasteiger partial charge is 0.319 e. The van der Waals surface area contributed by atoms with Crippen LogP contribution in [0.5, 0.6) is 11.8 Å². The van der Waals surface area contributed by atoms with Crippen LogP contribution in [0, 0.1) is 18.7 Å². The molecule has 1 amide bonds. The maximum Gasteiger partial charge on any atom is 0.319 e. The van der Waals surface area contributed by atoms with E-state index in [4.69, 9.17) is 14.2 Å². The van der Waals surface area contributed by atoms with Gasteiger partial charge in [-0.3, -0.25) is 14.7 Å². The number of likely N-dealkylation sites (tertiary alicyclic amines) is 1. The number of ether oxygens (including phenoxy) is 1. The fourth-order valence-electron chi connectivity index (χ4n) is 7.68. The van der Waals surface area contributed by atoms with Gasteiger partial charge in [0.15, 0.2) is 11.6 Å². The summed E-state index contributed by atoms with van der Waals surface area (Å²) in [7, 11) is 1.90. The molecule has 8 rings (SSSR count). The molecule has 3 fully saturated rings. The van der Waals surface area contributed by atoms with Gasteiger partial charge in [0.1, 0.15) is 29.4 Å². The van der Waals surface area contributed by atoms with Crippen LogP contribution >= 0.6 is 0 Å². The Balaban J connectivity index is 1.09. The molecule has 49 heavy (non-hydrogen) atoms. The predicted molar refractivity (Wildman–Crippen MR) is 182 cm³/mol. The molecule has 3 aromatic heterocycles. The second-order valence-corrected chi connectivity index (χ2v) is 13.4. The summed E-state index contributed by atoms with van der Waals surface area (Å²) in [5, 5.41) is 16.2. The molecule has 3 aliphatic rings. The second-order valence-electron chi connectivity index (χ2n) is 13.4. The van der Waals surface area contributed by atoms with Gasteiger partial charge in [-0.25, -0.2) is 4.39 Å². The van der Waals surface area contributed by atoms with Crippen LogP contribution in [0.15, 0.2) is 53.2 Å². The summed E-state index contributed by atoms with van der Waals surface area (Å²) in [6.45, 7) is 5.96. The molecular formula is C36H37FN8O4. The number of pyridine rings is 1. The first-order valence-corrected chi connectivity index (χ1v) is 16.7. The van der Waals surface area contributed by atoms with Gasteiger partial charge in [-0.15, -0.1) is 0 Å². The van der Waals surface area contributed by atoms with Crippen molar-refractivity contribution in [2.24, 2.45) is 5.92 Å². The SMILES string of the molecule is Cc1noc(/C=C/C(=O)N2CC(CN(C)c3nc(OCC45CCCN4CCC5)nc4c(F)c(-c5cc(O)cc6ccccc56)ncc34)C2)n1. The number of rotatable bonds is 9. The number of fused-ring (bicyclic) bond motifs is 3. The van der Waals surface area contributed by atoms with Crippen LogP contribution in [0.1, 0.15) is 37.4 Å². The fourth-order valence-corrected chi connectivity index (χ4v) is 7.68. The average Bonchev–Trinajstić information content (AvgIpc) is 3.79. The first-order valence-electron chi connectivity index (χ1n) is 16.7. The Bertz CT molecular complexity index is 2080. The Morgan fingerprint density at radius 2 is 1.94 bits per heavy atom. The fraction of sp³-hybridized carbons (Fsp3) is 0.389. The lowest BCUT2D eigenvalue weighted by Crippen LogP contribution is -2.53. The number of aromatic hydroxyl groups is 1. The molecule has 12 nitrogen and oxygen atoms in total. The Morgan fingerprint density at radius 1 is 1.14 bits per heavy atom. The number of phenolic OH excluding ortho intramolecular Hbond substituents is 1. The zero-order chi connectivity index (χ0) is 33.7. The van der Waals surface area contributed by atoms with Gasteiger partial charge >= 0.3 is 6.01 Å². The number of aromatic nitrogens is 5. The molecule has 0 atom stereocenters. The zero-order valence-electron chi connectivity index (χ0n) is 27.5. The van der Waals surface area contributed by atoms with Gasteiger partial charge < -0.3 is 24.2 Å². The second kappa shape index (κ2) is 12.4. The Morgan fingerprint density at radius 3 is 2.71 bits per heavy atom. The molecule has 0 saturated carbocycles. The van der Waals surface area contributed by atoms with Crippen molar-refractivity contribution >= 4 is 39.5 Å². The maximum atomic E-state index is 16.7. The molecule has 6 heterocycles. The van der Waals surface area contributed by atoms with E-state index in [-0.39, 0.29) is 46.2 Å². The largest absolute Gasteiger partial charge is 0.508 e. The quantitative estimate of drug-likeness (QED) is 0.214. The van der Waals surface area contributed by atoms with Crippen LogP contribution in [0.3, 0.4) is 0 Å². The number of aryl methyl sites for hydroxylation is 1. The van der Waals surface area contributed by atoms with Crippen LogP contribution in [-0.4, -0.2) is 97.8 Å². The molecule has 3 saturated heterocycles. The van der Waals surface area contributed by atoms with E-state index in [1.807, 2.05) is 36.2 Å². The summed E-state index contributed by atoms with van der Waals surface area (Å²) in [5.74, 6) is 0.731. The first kappa shape index (κ1) is 31.1. The third-order valence-electron chi connectivity index (χ3n) is 10.1. The standard InChI is InChI=1S/C36H37FN8O4/c1-22-39-29(49-42-22)9-10-30(47)44-19-23(20-44)18-43(2)34-28-17-38-32(27-16-25(46)15-24-7-3-4-8-26(24)27)31(37)33(28)40-35(41-34)48-21-36-11-5-13-45(36)14-6-12-36/h3-4,7-10,15-17,23,46H,5-6,11-14,18-21H2,1-2H3/b10-9+. The number of carbonyl (C=O) groups is 1. The van der Waals surface area contributed by atoms with Gasteiger partial charge in [-0.1, -0.05) is 29.4 Å². The highest BCUT2D eigenvalue weighted by atomic mass is 19.1. The molecule has 0 unspecified atom stereocenters. The monoisotopic (exact) mass is 664 g/mol. The summed E-state index contributed by atoms with van der Waals surface area (Å²) >= 11 is 0. The van der Waals surface area contributed by atoms with E-state index < -0.39 is 5.82 Å². The third kappa shape index (κ3) is 5.81. The van der Waals surface area contributed by atoms with E-state index in [1.165, 1.54) is 18.2 Å². The molecule has 0 spiro atoms. The molecule has 3 aliphatic heterocycles. The summed E-state index contributed by atoms with van der Waals surface area (Å²) < 4.78 is 28.1. The number of benzene rings is 2. The Labute approximate surface area is 282 Å². The van der Waals surface area contributed by atoms with Gasteiger partial charge in [0, 0.05) is 56.5 Å². The van der Waals surface area contributed by atoms with E-state index in [0.717, 1.165) is 49.5 Å². The normalized spacial score (nSPS) is 17.7. The molecule has 0 aliphatic carbocycles. The number of halogens is 1. The minimum absolute atomic E-state index is 0.0207. The van der Waals surface area contributed by atoms with Crippen molar-refractivity contribution in [3.05, 3.63) is 66.2 Å². The lowest BCUT2D eigenvalue weighted by Gasteiger charge is -2.40. The molecule has 0 bridgehead atoms. The summed E-state index contributed by atoms with van der Waals surface area (Å²) in [6.07, 6.45) is 8.92. The number of carbonyl (C=O) groups excluding carboxylic acids is 1. The Kier molecular flexibility index (Phi) is 7.86. The zero-order valence-corrected chi connectivity index (χ0v) is 27.5. The molecule has 2 aromatic carbocycles. The van der Waals surface area contributed by atoms with Gasteiger partial charge in [-0.05, 0) is 68.6 Å². The minimum atomic E-state index is -0.611. The molecule has 252 valence electrons. The van der Waals surface area contributed by atoms with Crippen molar-refractivity contribution in [1.29, 1.82) is 0 Å². The molecular weight excluding hydrogens is 627 g/mol. The molecule has 1 N–H and O–H groups in total. The predicted octanol–water partition coefficient (Wildman–Crippen LogP) is 5.00. The Hall–Kier alpha value is -5.17. The third-order valence-corrected chi connectivity index (χ3v) is 10.1. The molecule has 5 aromatic rings. The van der Waals surface area contributed by atoms with Crippen molar-refractivity contribution in [2.75, 3.05) is 51.3 Å². The van der Waals surface area contributed by atoms with Crippen LogP contribution in [0.4, 0.5) is 10.2 Å². The van der Waals surface area contributed by atoms with E-state index >= 15 is 4.39 Å². The van der Waals surface area contributed by atoms with Crippen molar-refractivity contribution in [1.82, 2.24) is 34.9 Å². The van der Waals surface area contributed by atoms with Crippen molar-refractivity contribution in [3.63, 3.8) is 0 Å². The lowest BCUT2D eigenvalue weighted by atomic mass is 9.95. The summed E-state index contributed by atoms with van der Waals surface area (Å²) in [6, 6.07) is 10.8. The van der Waals surface area contributed by atoms with Crippen LogP contribution in [-0.2, 0) is 4.79 Å². The topological polar surface area (TPSA) is 134 Å². The number of nitrogens with zero attached hydrogens (tertiary/aromatic N) is 8.